The highest BCUT2D eigenvalue weighted by atomic mass is 32.2. The maximum absolute atomic E-state index is 12.7. The van der Waals surface area contributed by atoms with E-state index >= 15 is 0 Å². The summed E-state index contributed by atoms with van der Waals surface area (Å²) < 4.78 is 33.4. The quantitative estimate of drug-likeness (QED) is 0.806. The fourth-order valence-electron chi connectivity index (χ4n) is 4.13. The molecule has 1 saturated carbocycles. The van der Waals surface area contributed by atoms with Gasteiger partial charge in [-0.1, -0.05) is 24.3 Å². The van der Waals surface area contributed by atoms with Crippen LogP contribution in [0.2, 0.25) is 0 Å². The summed E-state index contributed by atoms with van der Waals surface area (Å²) in [5.74, 6) is 0.943. The molecular formula is C21H24N2O4S. The van der Waals surface area contributed by atoms with Crippen LogP contribution >= 0.6 is 0 Å². The average molecular weight is 401 g/mol. The predicted octanol–water partition coefficient (Wildman–Crippen LogP) is 3.06. The second kappa shape index (κ2) is 7.93. The molecule has 1 heterocycles. The third-order valence-electron chi connectivity index (χ3n) is 5.62. The zero-order chi connectivity index (χ0) is 19.6. The van der Waals surface area contributed by atoms with Crippen LogP contribution in [0.1, 0.15) is 25.7 Å². The largest absolute Gasteiger partial charge is 0.457 e. The molecule has 6 nitrogen and oxygen atoms in total. The van der Waals surface area contributed by atoms with Crippen molar-refractivity contribution in [1.82, 2.24) is 10.0 Å². The zero-order valence-corrected chi connectivity index (χ0v) is 16.3. The lowest BCUT2D eigenvalue weighted by Crippen LogP contribution is -2.42. The van der Waals surface area contributed by atoms with Crippen LogP contribution in [-0.4, -0.2) is 26.9 Å². The highest BCUT2D eigenvalue weighted by Gasteiger charge is 2.37. The van der Waals surface area contributed by atoms with Gasteiger partial charge < -0.3 is 10.1 Å². The first kappa shape index (κ1) is 19.0. The van der Waals surface area contributed by atoms with Crippen LogP contribution in [0.15, 0.2) is 59.5 Å². The minimum absolute atomic E-state index is 0.0157. The zero-order valence-electron chi connectivity index (χ0n) is 15.5. The number of benzene rings is 2. The van der Waals surface area contributed by atoms with Crippen molar-refractivity contribution in [3.63, 3.8) is 0 Å². The summed E-state index contributed by atoms with van der Waals surface area (Å²) in [4.78, 5) is 12.6. The molecule has 0 aromatic heterocycles. The molecule has 0 spiro atoms. The third kappa shape index (κ3) is 4.20. The number of para-hydroxylation sites is 1. The Kier molecular flexibility index (Phi) is 5.37. The van der Waals surface area contributed by atoms with Crippen LogP contribution in [-0.2, 0) is 14.8 Å². The maximum atomic E-state index is 12.7. The molecule has 2 aliphatic rings. The molecule has 1 saturated heterocycles. The van der Waals surface area contributed by atoms with E-state index in [2.05, 4.69) is 10.0 Å². The molecule has 1 aliphatic heterocycles. The molecule has 3 atom stereocenters. The number of rotatable bonds is 5. The lowest BCUT2D eigenvalue weighted by atomic mass is 9.79. The number of carbonyl (C=O) groups excluding carboxylic acids is 1. The van der Waals surface area contributed by atoms with Crippen molar-refractivity contribution in [2.24, 2.45) is 11.8 Å². The molecule has 1 amide bonds. The summed E-state index contributed by atoms with van der Waals surface area (Å²) in [7, 11) is -3.95. The molecule has 2 fully saturated rings. The van der Waals surface area contributed by atoms with Gasteiger partial charge in [0.25, 0.3) is 10.0 Å². The van der Waals surface area contributed by atoms with E-state index in [1.54, 1.807) is 24.3 Å². The highest BCUT2D eigenvalue weighted by molar-refractivity contribution is 7.90. The van der Waals surface area contributed by atoms with Crippen molar-refractivity contribution in [3.8, 4) is 11.5 Å². The first-order valence-corrected chi connectivity index (χ1v) is 11.1. The van der Waals surface area contributed by atoms with Gasteiger partial charge in [-0.3, -0.25) is 4.79 Å². The van der Waals surface area contributed by atoms with Crippen molar-refractivity contribution >= 4 is 15.9 Å². The van der Waals surface area contributed by atoms with Crippen LogP contribution in [0, 0.1) is 11.8 Å². The Bertz CT molecular complexity index is 946. The Labute approximate surface area is 165 Å². The van der Waals surface area contributed by atoms with Crippen molar-refractivity contribution < 1.29 is 17.9 Å². The molecule has 1 aliphatic carbocycles. The number of amides is 1. The number of ether oxygens (including phenoxy) is 1. The van der Waals surface area contributed by atoms with Gasteiger partial charge in [0.2, 0.25) is 5.91 Å². The van der Waals surface area contributed by atoms with Gasteiger partial charge in [-0.2, -0.15) is 0 Å². The van der Waals surface area contributed by atoms with E-state index in [4.69, 9.17) is 4.74 Å². The van der Waals surface area contributed by atoms with Gasteiger partial charge in [0.05, 0.1) is 4.90 Å². The Balaban J connectivity index is 1.44. The van der Waals surface area contributed by atoms with Gasteiger partial charge in [0.1, 0.15) is 11.5 Å². The van der Waals surface area contributed by atoms with E-state index in [-0.39, 0.29) is 10.8 Å². The molecule has 2 aromatic rings. The van der Waals surface area contributed by atoms with Gasteiger partial charge in [0.15, 0.2) is 0 Å². The monoisotopic (exact) mass is 400 g/mol. The Morgan fingerprint density at radius 2 is 1.79 bits per heavy atom. The van der Waals surface area contributed by atoms with Gasteiger partial charge in [-0.05, 0) is 62.4 Å². The number of hydrogen-bond donors (Lipinski definition) is 2. The standard InChI is InChI=1S/C21H24N2O4S/c24-21(16-10-9-15-11-12-22-20(15)13-16)23-28(25,26)19-8-4-7-18(14-19)27-17-5-2-1-3-6-17/h1-8,14-16,20,22H,9-13H2,(H,23,24). The molecule has 0 radical (unpaired) electrons. The Hall–Kier alpha value is -2.38. The lowest BCUT2D eigenvalue weighted by molar-refractivity contribution is -0.124. The fourth-order valence-corrected chi connectivity index (χ4v) is 5.20. The van der Waals surface area contributed by atoms with Crippen molar-refractivity contribution in [3.05, 3.63) is 54.6 Å². The summed E-state index contributed by atoms with van der Waals surface area (Å²) in [6.45, 7) is 0.982. The summed E-state index contributed by atoms with van der Waals surface area (Å²) in [5, 5.41) is 3.42. The lowest BCUT2D eigenvalue weighted by Gasteiger charge is -2.30. The summed E-state index contributed by atoms with van der Waals surface area (Å²) in [6, 6.07) is 15.6. The fraction of sp³-hybridized carbons (Fsp3) is 0.381. The third-order valence-corrected chi connectivity index (χ3v) is 6.96. The molecule has 7 heteroatoms. The topological polar surface area (TPSA) is 84.5 Å². The SMILES string of the molecule is O=C(NS(=O)(=O)c1cccc(Oc2ccccc2)c1)C1CCC2CCNC2C1. The second-order valence-electron chi connectivity index (χ2n) is 7.48. The Morgan fingerprint density at radius 3 is 2.61 bits per heavy atom. The van der Waals surface area contributed by atoms with Crippen LogP contribution < -0.4 is 14.8 Å². The van der Waals surface area contributed by atoms with Gasteiger partial charge in [-0.25, -0.2) is 13.1 Å². The summed E-state index contributed by atoms with van der Waals surface area (Å²) >= 11 is 0. The number of fused-ring (bicyclic) bond motifs is 1. The minimum atomic E-state index is -3.95. The molecule has 148 valence electrons. The van der Waals surface area contributed by atoms with Crippen LogP contribution in [0.25, 0.3) is 0 Å². The first-order valence-electron chi connectivity index (χ1n) is 9.64. The van der Waals surface area contributed by atoms with Crippen molar-refractivity contribution in [1.29, 1.82) is 0 Å². The molecule has 4 rings (SSSR count). The van der Waals surface area contributed by atoms with Gasteiger partial charge in [0, 0.05) is 18.0 Å². The predicted molar refractivity (Wildman–Crippen MR) is 106 cm³/mol. The van der Waals surface area contributed by atoms with Crippen LogP contribution in [0.3, 0.4) is 0 Å². The normalized spacial score (nSPS) is 24.4. The smallest absolute Gasteiger partial charge is 0.264 e. The molecular weight excluding hydrogens is 376 g/mol. The van der Waals surface area contributed by atoms with Gasteiger partial charge in [-0.15, -0.1) is 0 Å². The summed E-state index contributed by atoms with van der Waals surface area (Å²) in [5.41, 5.74) is 0. The molecule has 3 unspecified atom stereocenters. The van der Waals surface area contributed by atoms with Crippen LogP contribution in [0.4, 0.5) is 0 Å². The van der Waals surface area contributed by atoms with E-state index < -0.39 is 15.9 Å². The highest BCUT2D eigenvalue weighted by Crippen LogP contribution is 2.34. The average Bonchev–Trinajstić information content (AvgIpc) is 3.16. The molecule has 0 bridgehead atoms. The first-order chi connectivity index (χ1) is 13.5. The molecule has 2 N–H and O–H groups in total. The van der Waals surface area contributed by atoms with Crippen LogP contribution in [0.5, 0.6) is 11.5 Å². The minimum Gasteiger partial charge on any atom is -0.457 e. The Morgan fingerprint density at radius 1 is 1.00 bits per heavy atom. The molecule has 28 heavy (non-hydrogen) atoms. The van der Waals surface area contributed by atoms with E-state index in [1.165, 1.54) is 12.1 Å². The van der Waals surface area contributed by atoms with Gasteiger partial charge >= 0.3 is 0 Å². The number of hydrogen-bond acceptors (Lipinski definition) is 5. The van der Waals surface area contributed by atoms with Crippen molar-refractivity contribution in [2.75, 3.05) is 6.54 Å². The van der Waals surface area contributed by atoms with E-state index in [9.17, 15) is 13.2 Å². The second-order valence-corrected chi connectivity index (χ2v) is 9.16. The number of nitrogens with one attached hydrogen (secondary N) is 2. The van der Waals surface area contributed by atoms with E-state index in [0.717, 1.165) is 25.8 Å². The maximum Gasteiger partial charge on any atom is 0.264 e. The number of sulfonamides is 1. The number of carbonyl (C=O) groups is 1. The van der Waals surface area contributed by atoms with E-state index in [1.807, 2.05) is 18.2 Å². The van der Waals surface area contributed by atoms with Crippen molar-refractivity contribution in [2.45, 2.75) is 36.6 Å². The molecule has 2 aromatic carbocycles. The van der Waals surface area contributed by atoms with E-state index in [0.29, 0.717) is 29.9 Å². The summed E-state index contributed by atoms with van der Waals surface area (Å²) in [6.07, 6.45) is 3.55.